The Balaban J connectivity index is 1.63. The molecule has 0 saturated carbocycles. The fourth-order valence-electron chi connectivity index (χ4n) is 3.33. The molecule has 0 radical (unpaired) electrons. The minimum atomic E-state index is -0.0891. The number of methoxy groups -OCH3 is 1. The number of hydrogen-bond donors (Lipinski definition) is 1. The number of para-hydroxylation sites is 2. The number of aromatic nitrogens is 3. The van der Waals surface area contributed by atoms with Crippen LogP contribution >= 0.6 is 11.8 Å². The number of benzene rings is 2. The van der Waals surface area contributed by atoms with Crippen molar-refractivity contribution >= 4 is 39.4 Å². The van der Waals surface area contributed by atoms with Gasteiger partial charge in [0.2, 0.25) is 0 Å². The van der Waals surface area contributed by atoms with Crippen LogP contribution in [0.5, 0.6) is 0 Å². The van der Waals surface area contributed by atoms with Crippen molar-refractivity contribution in [3.05, 3.63) is 70.6 Å². The summed E-state index contributed by atoms with van der Waals surface area (Å²) in [5.41, 5.74) is 2.14. The molecule has 148 valence electrons. The third kappa shape index (κ3) is 3.97. The molecule has 0 aliphatic carbocycles. The van der Waals surface area contributed by atoms with Crippen LogP contribution in [0.4, 0.5) is 0 Å². The van der Waals surface area contributed by atoms with Crippen molar-refractivity contribution in [1.82, 2.24) is 14.5 Å². The van der Waals surface area contributed by atoms with Gasteiger partial charge in [0.15, 0.2) is 10.9 Å². The second-order valence-electron chi connectivity index (χ2n) is 6.67. The Morgan fingerprint density at radius 2 is 1.90 bits per heavy atom. The van der Waals surface area contributed by atoms with E-state index in [9.17, 15) is 9.59 Å². The summed E-state index contributed by atoms with van der Waals surface area (Å²) in [6.07, 6.45) is 2.44. The highest BCUT2D eigenvalue weighted by atomic mass is 32.2. The van der Waals surface area contributed by atoms with Gasteiger partial charge in [-0.3, -0.25) is 14.2 Å². The van der Waals surface area contributed by atoms with Gasteiger partial charge in [-0.2, -0.15) is 0 Å². The summed E-state index contributed by atoms with van der Waals surface area (Å²) in [5.74, 6) is 0.204. The quantitative estimate of drug-likeness (QED) is 0.208. The van der Waals surface area contributed by atoms with Crippen LogP contribution in [0.1, 0.15) is 16.8 Å². The van der Waals surface area contributed by atoms with E-state index in [0.29, 0.717) is 41.2 Å². The van der Waals surface area contributed by atoms with E-state index in [0.717, 1.165) is 10.9 Å². The van der Waals surface area contributed by atoms with Crippen LogP contribution in [0.15, 0.2) is 64.7 Å². The summed E-state index contributed by atoms with van der Waals surface area (Å²) in [6.45, 7) is 1.05. The average Bonchev–Trinajstić information content (AvgIpc) is 3.18. The molecule has 0 saturated heterocycles. The predicted molar refractivity (Wildman–Crippen MR) is 116 cm³/mol. The fourth-order valence-corrected chi connectivity index (χ4v) is 4.24. The van der Waals surface area contributed by atoms with Crippen molar-refractivity contribution in [3.63, 3.8) is 0 Å². The Morgan fingerprint density at radius 3 is 2.72 bits per heavy atom. The summed E-state index contributed by atoms with van der Waals surface area (Å²) in [5, 5.41) is 2.04. The van der Waals surface area contributed by atoms with E-state index in [1.165, 1.54) is 11.8 Å². The van der Waals surface area contributed by atoms with Crippen LogP contribution in [0, 0.1) is 0 Å². The number of carbonyl (C=O) groups excluding carboxylic acids is 1. The van der Waals surface area contributed by atoms with Crippen LogP contribution in [0.3, 0.4) is 0 Å². The summed E-state index contributed by atoms with van der Waals surface area (Å²) >= 11 is 1.30. The lowest BCUT2D eigenvalue weighted by molar-refractivity contribution is 0.102. The van der Waals surface area contributed by atoms with E-state index in [-0.39, 0.29) is 17.1 Å². The number of nitrogens with zero attached hydrogens (tertiary/aromatic N) is 2. The average molecular weight is 407 g/mol. The van der Waals surface area contributed by atoms with Crippen molar-refractivity contribution in [2.24, 2.45) is 0 Å². The molecule has 0 amide bonds. The number of aromatic amines is 1. The molecule has 6 nitrogen and oxygen atoms in total. The molecule has 0 aliphatic heterocycles. The molecule has 0 aliphatic rings. The molecule has 2 aromatic heterocycles. The summed E-state index contributed by atoms with van der Waals surface area (Å²) < 4.78 is 6.77. The number of nitrogens with one attached hydrogen (secondary N) is 1. The molecule has 0 fully saturated rings. The SMILES string of the molecule is COCCCn1c(SCC(=O)c2c[nH]c3ccccc23)nc2ccccc2c1=O. The number of ketones is 1. The highest BCUT2D eigenvalue weighted by Crippen LogP contribution is 2.23. The topological polar surface area (TPSA) is 77.0 Å². The molecule has 4 aromatic rings. The molecule has 7 heteroatoms. The standard InChI is InChI=1S/C22H21N3O3S/c1-28-12-6-11-25-21(27)16-8-3-5-10-19(16)24-22(25)29-14-20(26)17-13-23-18-9-4-2-7-15(17)18/h2-5,7-10,13,23H,6,11-12,14H2,1H3. The Labute approximate surface area is 171 Å². The smallest absolute Gasteiger partial charge is 0.262 e. The highest BCUT2D eigenvalue weighted by molar-refractivity contribution is 7.99. The molecule has 2 aromatic carbocycles. The second kappa shape index (κ2) is 8.63. The minimum absolute atomic E-state index is 0.00157. The number of thioether (sulfide) groups is 1. The molecular weight excluding hydrogens is 386 g/mol. The van der Waals surface area contributed by atoms with E-state index in [2.05, 4.69) is 9.97 Å². The third-order valence-electron chi connectivity index (χ3n) is 4.78. The normalized spacial score (nSPS) is 11.3. The highest BCUT2D eigenvalue weighted by Gasteiger charge is 2.16. The number of H-pyrrole nitrogens is 1. The van der Waals surface area contributed by atoms with Crippen molar-refractivity contribution in [2.45, 2.75) is 18.1 Å². The monoisotopic (exact) mass is 407 g/mol. The van der Waals surface area contributed by atoms with E-state index in [1.54, 1.807) is 23.9 Å². The number of carbonyl (C=O) groups is 1. The van der Waals surface area contributed by atoms with Gasteiger partial charge in [-0.05, 0) is 24.6 Å². The molecule has 1 N–H and O–H groups in total. The first-order valence-electron chi connectivity index (χ1n) is 9.39. The minimum Gasteiger partial charge on any atom is -0.385 e. The molecule has 0 atom stereocenters. The first-order chi connectivity index (χ1) is 14.2. The van der Waals surface area contributed by atoms with E-state index >= 15 is 0 Å². The lowest BCUT2D eigenvalue weighted by Gasteiger charge is -2.12. The van der Waals surface area contributed by atoms with Gasteiger partial charge in [0.05, 0.1) is 16.7 Å². The van der Waals surface area contributed by atoms with Gasteiger partial charge < -0.3 is 9.72 Å². The molecule has 0 spiro atoms. The Morgan fingerprint density at radius 1 is 1.14 bits per heavy atom. The molecular formula is C22H21N3O3S. The lowest BCUT2D eigenvalue weighted by atomic mass is 10.1. The fraction of sp³-hybridized carbons (Fsp3) is 0.227. The molecule has 2 heterocycles. The summed E-state index contributed by atoms with van der Waals surface area (Å²) in [6, 6.07) is 15.0. The Kier molecular flexibility index (Phi) is 5.78. The molecule has 0 unspecified atom stereocenters. The maximum absolute atomic E-state index is 13.0. The largest absolute Gasteiger partial charge is 0.385 e. The van der Waals surface area contributed by atoms with Gasteiger partial charge >= 0.3 is 0 Å². The zero-order valence-electron chi connectivity index (χ0n) is 16.1. The zero-order valence-corrected chi connectivity index (χ0v) is 16.9. The van der Waals surface area contributed by atoms with Crippen molar-refractivity contribution in [1.29, 1.82) is 0 Å². The number of rotatable bonds is 8. The van der Waals surface area contributed by atoms with Gasteiger partial charge in [0.25, 0.3) is 5.56 Å². The van der Waals surface area contributed by atoms with Gasteiger partial charge in [-0.15, -0.1) is 0 Å². The number of Topliss-reactive ketones (excluding diaryl/α,β-unsaturated/α-hetero) is 1. The zero-order chi connectivity index (χ0) is 20.2. The third-order valence-corrected chi connectivity index (χ3v) is 5.76. The summed E-state index contributed by atoms with van der Waals surface area (Å²) in [4.78, 5) is 33.6. The second-order valence-corrected chi connectivity index (χ2v) is 7.62. The van der Waals surface area contributed by atoms with Gasteiger partial charge in [-0.1, -0.05) is 42.1 Å². The van der Waals surface area contributed by atoms with Crippen LogP contribution in [0.25, 0.3) is 21.8 Å². The van der Waals surface area contributed by atoms with E-state index in [4.69, 9.17) is 4.74 Å². The Hall–Kier alpha value is -2.90. The van der Waals surface area contributed by atoms with Gasteiger partial charge in [0, 0.05) is 42.9 Å². The first-order valence-corrected chi connectivity index (χ1v) is 10.4. The predicted octanol–water partition coefficient (Wildman–Crippen LogP) is 3.89. The molecule has 4 rings (SSSR count). The van der Waals surface area contributed by atoms with Crippen molar-refractivity contribution in [3.8, 4) is 0 Å². The van der Waals surface area contributed by atoms with Crippen LogP contribution in [0.2, 0.25) is 0 Å². The van der Waals surface area contributed by atoms with E-state index < -0.39 is 0 Å². The van der Waals surface area contributed by atoms with Crippen molar-refractivity contribution in [2.75, 3.05) is 19.5 Å². The van der Waals surface area contributed by atoms with Crippen molar-refractivity contribution < 1.29 is 9.53 Å². The van der Waals surface area contributed by atoms with Crippen LogP contribution < -0.4 is 5.56 Å². The lowest BCUT2D eigenvalue weighted by Crippen LogP contribution is -2.24. The maximum Gasteiger partial charge on any atom is 0.262 e. The van der Waals surface area contributed by atoms with E-state index in [1.807, 2.05) is 42.5 Å². The van der Waals surface area contributed by atoms with Gasteiger partial charge in [-0.25, -0.2) is 4.98 Å². The van der Waals surface area contributed by atoms with Gasteiger partial charge in [0.1, 0.15) is 0 Å². The number of ether oxygens (including phenoxy) is 1. The van der Waals surface area contributed by atoms with Crippen LogP contribution in [-0.4, -0.2) is 39.8 Å². The maximum atomic E-state index is 13.0. The molecule has 0 bridgehead atoms. The summed E-state index contributed by atoms with van der Waals surface area (Å²) in [7, 11) is 1.64. The Bertz CT molecular complexity index is 1230. The molecule has 29 heavy (non-hydrogen) atoms. The van der Waals surface area contributed by atoms with Crippen LogP contribution in [-0.2, 0) is 11.3 Å². The number of hydrogen-bond acceptors (Lipinski definition) is 5. The first kappa shape index (κ1) is 19.4. The number of fused-ring (bicyclic) bond motifs is 2.